The lowest BCUT2D eigenvalue weighted by Gasteiger charge is -2.60. The average molecular weight is 901 g/mol. The number of amides is 1. The number of unbranched alkanes of at least 4 members (excludes halogenated alkanes) is 2. The molecule has 0 aromatic heterocycles. The van der Waals surface area contributed by atoms with E-state index in [0.717, 1.165) is 89.0 Å². The van der Waals surface area contributed by atoms with Crippen molar-refractivity contribution in [1.29, 1.82) is 0 Å². The van der Waals surface area contributed by atoms with Gasteiger partial charge >= 0.3 is 0 Å². The van der Waals surface area contributed by atoms with Gasteiger partial charge in [-0.25, -0.2) is 0 Å². The van der Waals surface area contributed by atoms with Gasteiger partial charge in [-0.15, -0.1) is 18.3 Å². The number of hydrogen-bond acceptors (Lipinski definition) is 9. The lowest BCUT2D eigenvalue weighted by molar-refractivity contribution is -0.258. The lowest BCUT2D eigenvalue weighted by Crippen LogP contribution is -2.70. The van der Waals surface area contributed by atoms with Gasteiger partial charge < -0.3 is 34.2 Å². The minimum absolute atomic E-state index is 0.0841. The molecule has 1 amide bonds. The minimum Gasteiger partial charge on any atom is -0.493 e. The number of benzene rings is 4. The van der Waals surface area contributed by atoms with Gasteiger partial charge in [0.1, 0.15) is 24.7 Å². The van der Waals surface area contributed by atoms with Crippen molar-refractivity contribution in [3.05, 3.63) is 126 Å². The van der Waals surface area contributed by atoms with Crippen LogP contribution in [0.1, 0.15) is 101 Å². The molecule has 4 aromatic rings. The van der Waals surface area contributed by atoms with E-state index in [4.69, 9.17) is 24.2 Å². The van der Waals surface area contributed by atoms with Crippen LogP contribution in [0.4, 0.5) is 0 Å². The van der Waals surface area contributed by atoms with Gasteiger partial charge in [-0.05, 0) is 102 Å². The van der Waals surface area contributed by atoms with Crippen molar-refractivity contribution in [2.24, 2.45) is 28.8 Å². The van der Waals surface area contributed by atoms with Gasteiger partial charge in [0.25, 0.3) is 0 Å². The largest absolute Gasteiger partial charge is 0.493 e. The van der Waals surface area contributed by atoms with Crippen molar-refractivity contribution in [2.45, 2.75) is 113 Å². The molecule has 2 fully saturated rings. The molecular formula is C55H68N2O7S. The molecule has 1 heterocycles. The summed E-state index contributed by atoms with van der Waals surface area (Å²) < 4.78 is 21.3. The zero-order valence-corrected chi connectivity index (χ0v) is 39.0. The van der Waals surface area contributed by atoms with Crippen LogP contribution >= 0.6 is 11.8 Å². The molecule has 2 saturated carbocycles. The van der Waals surface area contributed by atoms with Crippen molar-refractivity contribution >= 4 is 34.2 Å². The van der Waals surface area contributed by atoms with Crippen LogP contribution in [0.25, 0.3) is 10.8 Å². The van der Waals surface area contributed by atoms with Gasteiger partial charge in [-0.1, -0.05) is 116 Å². The van der Waals surface area contributed by atoms with E-state index >= 15 is 4.79 Å². The summed E-state index contributed by atoms with van der Waals surface area (Å²) in [5.74, 6) is 1.38. The molecule has 6 atom stereocenters. The maximum atomic E-state index is 15.3. The lowest BCUT2D eigenvalue weighted by atomic mass is 9.55. The summed E-state index contributed by atoms with van der Waals surface area (Å²) in [5, 5.41) is 27.1. The molecule has 10 heteroatoms. The van der Waals surface area contributed by atoms with E-state index in [9.17, 15) is 10.2 Å². The van der Waals surface area contributed by atoms with Gasteiger partial charge in [0.15, 0.2) is 0 Å². The molecule has 1 aliphatic heterocycles. The quantitative estimate of drug-likeness (QED) is 0.0328. The summed E-state index contributed by atoms with van der Waals surface area (Å²) >= 11 is 1.77. The molecule has 4 aliphatic rings. The van der Waals surface area contributed by atoms with Crippen molar-refractivity contribution in [2.75, 3.05) is 39.3 Å². The highest BCUT2D eigenvalue weighted by Gasteiger charge is 2.65. The Bertz CT molecular complexity index is 2250. The van der Waals surface area contributed by atoms with Crippen LogP contribution in [-0.2, 0) is 20.9 Å². The third-order valence-electron chi connectivity index (χ3n) is 14.4. The van der Waals surface area contributed by atoms with Gasteiger partial charge in [-0.3, -0.25) is 4.79 Å². The topological polar surface area (TPSA) is 110 Å². The maximum Gasteiger partial charge on any atom is 0.239 e. The van der Waals surface area contributed by atoms with E-state index < -0.39 is 11.8 Å². The number of rotatable bonds is 23. The van der Waals surface area contributed by atoms with E-state index in [1.54, 1.807) is 24.9 Å². The summed E-state index contributed by atoms with van der Waals surface area (Å²) in [6.45, 7) is 5.52. The molecule has 3 aliphatic carbocycles. The smallest absolute Gasteiger partial charge is 0.239 e. The molecule has 0 radical (unpaired) electrons. The number of aliphatic hydroxyl groups excluding tert-OH is 2. The van der Waals surface area contributed by atoms with E-state index in [0.29, 0.717) is 38.3 Å². The minimum atomic E-state index is -1.32. The SMILES string of the molecule is C=CCOC12Oc3ccc(OCCSc4ccccc4)cc3C3C(CCCCO)C(CCCCO)C=C(C(=NOC)CC1N(Cc1cccc4ccccc14)C(=O)CCC1CCCC1)C32. The Hall–Kier alpha value is -4.61. The zero-order valence-electron chi connectivity index (χ0n) is 38.2. The van der Waals surface area contributed by atoms with Gasteiger partial charge in [-0.2, -0.15) is 0 Å². The molecule has 65 heavy (non-hydrogen) atoms. The Balaban J connectivity index is 1.27. The number of carbonyl (C=O) groups is 1. The molecule has 8 rings (SSSR count). The molecule has 0 bridgehead atoms. The number of thioether (sulfide) groups is 1. The number of hydrogen-bond donors (Lipinski definition) is 2. The van der Waals surface area contributed by atoms with Crippen molar-refractivity contribution in [3.8, 4) is 11.5 Å². The number of carbonyl (C=O) groups excluding carboxylic acids is 1. The summed E-state index contributed by atoms with van der Waals surface area (Å²) in [6.07, 6.45) is 15.5. The number of aliphatic hydroxyl groups is 2. The van der Waals surface area contributed by atoms with Crippen LogP contribution in [0.5, 0.6) is 11.5 Å². The molecule has 4 aromatic carbocycles. The van der Waals surface area contributed by atoms with Crippen molar-refractivity contribution in [3.63, 3.8) is 0 Å². The highest BCUT2D eigenvalue weighted by atomic mass is 32.2. The first-order chi connectivity index (χ1) is 32.0. The van der Waals surface area contributed by atoms with E-state index in [2.05, 4.69) is 90.4 Å². The normalized spacial score (nSPS) is 24.2. The second kappa shape index (κ2) is 22.7. The number of nitrogens with zero attached hydrogens (tertiary/aromatic N) is 2. The Morgan fingerprint density at radius 3 is 2.49 bits per heavy atom. The standard InChI is InChI=1S/C55H68N2O7S/c1-3-32-63-55-51(57(52(60)29-26-39-16-7-8-17-39)38-42-21-15-20-40-18-9-10-24-45(40)42)37-49(56-61-2)47-35-41(19-11-13-30-58)46(25-12-14-31-59)53(54(47)55)48-36-43(27-28-50(48)64-55)62-33-34-65-44-22-5-4-6-23-44/h3-6,9-10,15,18,20-24,27-28,35-36,39,41,46,51,53-54,58-59H,1,7-8,11-14,16-17,19,25-26,29-34,37-38H2,2H3. The Labute approximate surface area is 390 Å². The average Bonchev–Trinajstić information content (AvgIpc) is 3.87. The van der Waals surface area contributed by atoms with E-state index in [-0.39, 0.29) is 49.4 Å². The molecule has 0 saturated heterocycles. The van der Waals surface area contributed by atoms with Crippen LogP contribution in [0.15, 0.2) is 125 Å². The first kappa shape index (κ1) is 46.9. The predicted molar refractivity (Wildman–Crippen MR) is 260 cm³/mol. The Morgan fingerprint density at radius 2 is 1.71 bits per heavy atom. The summed E-state index contributed by atoms with van der Waals surface area (Å²) in [7, 11) is 1.60. The summed E-state index contributed by atoms with van der Waals surface area (Å²) in [5.41, 5.74) is 3.95. The number of ether oxygens (including phenoxy) is 3. The van der Waals surface area contributed by atoms with Crippen molar-refractivity contribution < 1.29 is 34.1 Å². The van der Waals surface area contributed by atoms with Crippen LogP contribution < -0.4 is 9.47 Å². The van der Waals surface area contributed by atoms with Crippen LogP contribution in [0, 0.1) is 23.7 Å². The second-order valence-electron chi connectivity index (χ2n) is 18.3. The fourth-order valence-electron chi connectivity index (χ4n) is 11.4. The third-order valence-corrected chi connectivity index (χ3v) is 15.3. The first-order valence-corrected chi connectivity index (χ1v) is 25.1. The fraction of sp³-hybridized carbons (Fsp3) is 0.491. The fourth-order valence-corrected chi connectivity index (χ4v) is 12.2. The molecule has 346 valence electrons. The highest BCUT2D eigenvalue weighted by Crippen LogP contribution is 2.62. The monoisotopic (exact) mass is 900 g/mol. The molecule has 2 N–H and O–H groups in total. The van der Waals surface area contributed by atoms with Gasteiger partial charge in [0.2, 0.25) is 11.7 Å². The summed E-state index contributed by atoms with van der Waals surface area (Å²) in [6, 6.07) is 30.8. The number of allylic oxidation sites excluding steroid dienone is 1. The third kappa shape index (κ3) is 10.7. The van der Waals surface area contributed by atoms with E-state index in [1.807, 2.05) is 18.2 Å². The molecule has 6 unspecified atom stereocenters. The highest BCUT2D eigenvalue weighted by molar-refractivity contribution is 7.99. The molecule has 0 spiro atoms. The Morgan fingerprint density at radius 1 is 0.938 bits per heavy atom. The van der Waals surface area contributed by atoms with Crippen LogP contribution in [0.3, 0.4) is 0 Å². The second-order valence-corrected chi connectivity index (χ2v) is 19.5. The molecular weight excluding hydrogens is 833 g/mol. The zero-order chi connectivity index (χ0) is 45.0. The molecule has 9 nitrogen and oxygen atoms in total. The summed E-state index contributed by atoms with van der Waals surface area (Å²) in [4.78, 5) is 24.3. The van der Waals surface area contributed by atoms with Crippen LogP contribution in [0.2, 0.25) is 0 Å². The number of oxime groups is 1. The predicted octanol–water partition coefficient (Wildman–Crippen LogP) is 11.3. The van der Waals surface area contributed by atoms with Gasteiger partial charge in [0.05, 0.1) is 24.8 Å². The van der Waals surface area contributed by atoms with Crippen molar-refractivity contribution in [1.82, 2.24) is 4.90 Å². The first-order valence-electron chi connectivity index (χ1n) is 24.2. The van der Waals surface area contributed by atoms with Gasteiger partial charge in [0, 0.05) is 54.7 Å². The Kier molecular flexibility index (Phi) is 16.4. The number of fused-ring (bicyclic) bond motifs is 3. The maximum absolute atomic E-state index is 15.3. The van der Waals surface area contributed by atoms with Crippen LogP contribution in [-0.4, -0.2) is 77.9 Å². The van der Waals surface area contributed by atoms with E-state index in [1.165, 1.54) is 30.6 Å².